The molecule has 0 bridgehead atoms. The number of ether oxygens (including phenoxy) is 1. The van der Waals surface area contributed by atoms with Crippen molar-refractivity contribution in [1.82, 2.24) is 14.5 Å². The van der Waals surface area contributed by atoms with E-state index in [0.29, 0.717) is 39.7 Å². The number of aromatic nitrogens is 3. The van der Waals surface area contributed by atoms with Gasteiger partial charge in [-0.25, -0.2) is 13.8 Å². The number of hydrogen-bond acceptors (Lipinski definition) is 5. The van der Waals surface area contributed by atoms with Crippen molar-refractivity contribution in [2.75, 3.05) is 5.32 Å². The fraction of sp³-hybridized carbons (Fsp3) is 0.241. The Labute approximate surface area is 228 Å². The SMILES string of the molecule is Cc1cnc(-c2ccc3c(n2)C(C)(C)C(=O)N3)cc1-n1c(C)cc(OC(C)c2ccc(F)cc2F)c(Cl)c1=O. The Bertz CT molecular complexity index is 1720. The van der Waals surface area contributed by atoms with E-state index in [1.165, 1.54) is 10.6 Å². The van der Waals surface area contributed by atoms with Crippen molar-refractivity contribution < 1.29 is 18.3 Å². The number of amides is 1. The number of anilines is 1. The summed E-state index contributed by atoms with van der Waals surface area (Å²) in [5.41, 5.74) is 2.93. The second kappa shape index (κ2) is 9.57. The number of carbonyl (C=O) groups is 1. The number of halogens is 3. The highest BCUT2D eigenvalue weighted by Gasteiger charge is 2.40. The van der Waals surface area contributed by atoms with Crippen LogP contribution in [0, 0.1) is 25.5 Å². The van der Waals surface area contributed by atoms with Gasteiger partial charge < -0.3 is 10.1 Å². The fourth-order valence-electron chi connectivity index (χ4n) is 4.61. The van der Waals surface area contributed by atoms with Crippen molar-refractivity contribution in [2.45, 2.75) is 46.1 Å². The number of rotatable bonds is 5. The lowest BCUT2D eigenvalue weighted by atomic mass is 9.90. The van der Waals surface area contributed by atoms with E-state index >= 15 is 0 Å². The Morgan fingerprint density at radius 2 is 1.79 bits per heavy atom. The van der Waals surface area contributed by atoms with Crippen molar-refractivity contribution in [2.24, 2.45) is 0 Å². The molecule has 1 unspecified atom stereocenters. The molecule has 3 aromatic heterocycles. The van der Waals surface area contributed by atoms with E-state index in [4.69, 9.17) is 21.3 Å². The van der Waals surface area contributed by atoms with Crippen molar-refractivity contribution in [3.8, 4) is 22.8 Å². The highest BCUT2D eigenvalue weighted by atomic mass is 35.5. The molecule has 5 rings (SSSR count). The number of nitrogens with one attached hydrogen (secondary N) is 1. The molecule has 1 N–H and O–H groups in total. The first-order valence-electron chi connectivity index (χ1n) is 12.2. The molecule has 0 aliphatic carbocycles. The van der Waals surface area contributed by atoms with Gasteiger partial charge in [-0.05, 0) is 70.5 Å². The number of aryl methyl sites for hydroxylation is 2. The number of hydrogen-bond donors (Lipinski definition) is 1. The van der Waals surface area contributed by atoms with Crippen LogP contribution in [0.1, 0.15) is 49.4 Å². The Balaban J connectivity index is 1.53. The molecule has 0 spiro atoms. The van der Waals surface area contributed by atoms with E-state index < -0.39 is 28.7 Å². The lowest BCUT2D eigenvalue weighted by Gasteiger charge is -2.20. The topological polar surface area (TPSA) is 86.1 Å². The molecule has 1 aliphatic rings. The Morgan fingerprint density at radius 3 is 2.51 bits per heavy atom. The largest absolute Gasteiger partial charge is 0.484 e. The number of carbonyl (C=O) groups excluding carboxylic acids is 1. The second-order valence-electron chi connectivity index (χ2n) is 10.1. The van der Waals surface area contributed by atoms with Crippen LogP contribution >= 0.6 is 11.6 Å². The molecule has 1 aromatic carbocycles. The molecule has 0 radical (unpaired) electrons. The van der Waals surface area contributed by atoms with E-state index in [0.717, 1.165) is 12.1 Å². The van der Waals surface area contributed by atoms with Gasteiger partial charge in [0, 0.05) is 29.6 Å². The van der Waals surface area contributed by atoms with Crippen LogP contribution in [0.2, 0.25) is 5.02 Å². The minimum Gasteiger partial charge on any atom is -0.484 e. The van der Waals surface area contributed by atoms with Gasteiger partial charge in [-0.15, -0.1) is 0 Å². The second-order valence-corrected chi connectivity index (χ2v) is 10.4. The summed E-state index contributed by atoms with van der Waals surface area (Å²) in [6, 6.07) is 10.1. The molecule has 10 heteroatoms. The molecule has 0 saturated carbocycles. The van der Waals surface area contributed by atoms with Gasteiger partial charge in [-0.3, -0.25) is 19.1 Å². The first kappa shape index (κ1) is 26.5. The van der Waals surface area contributed by atoms with Gasteiger partial charge in [0.2, 0.25) is 5.91 Å². The summed E-state index contributed by atoms with van der Waals surface area (Å²) in [7, 11) is 0. The minimum atomic E-state index is -0.830. The summed E-state index contributed by atoms with van der Waals surface area (Å²) in [6.45, 7) is 8.73. The summed E-state index contributed by atoms with van der Waals surface area (Å²) < 4.78 is 34.9. The molecule has 200 valence electrons. The van der Waals surface area contributed by atoms with Crippen molar-refractivity contribution in [1.29, 1.82) is 0 Å². The third-order valence-corrected chi connectivity index (χ3v) is 7.23. The summed E-state index contributed by atoms with van der Waals surface area (Å²) in [6.07, 6.45) is 0.807. The Kier molecular flexibility index (Phi) is 6.50. The standard InChI is InChI=1S/C29H25ClF2N4O3/c1-14-13-33-22(20-8-9-21-26(34-20)29(4,5)28(38)35-21)12-23(14)36-15(2)10-24(25(30)27(36)37)39-16(3)18-7-6-17(31)11-19(18)32/h6-13,16H,1-5H3,(H,35,38). The van der Waals surface area contributed by atoms with Gasteiger partial charge in [-0.2, -0.15) is 0 Å². The van der Waals surface area contributed by atoms with Crippen LogP contribution in [0.5, 0.6) is 5.75 Å². The molecule has 7 nitrogen and oxygen atoms in total. The van der Waals surface area contributed by atoms with Gasteiger partial charge >= 0.3 is 0 Å². The summed E-state index contributed by atoms with van der Waals surface area (Å²) in [4.78, 5) is 35.0. The molecule has 4 heterocycles. The quantitative estimate of drug-likeness (QED) is 0.319. The predicted molar refractivity (Wildman–Crippen MR) is 145 cm³/mol. The maximum atomic E-state index is 14.3. The highest BCUT2D eigenvalue weighted by molar-refractivity contribution is 6.31. The van der Waals surface area contributed by atoms with Crippen molar-refractivity contribution >= 4 is 23.2 Å². The predicted octanol–water partition coefficient (Wildman–Crippen LogP) is 6.21. The first-order chi connectivity index (χ1) is 18.4. The molecular weight excluding hydrogens is 526 g/mol. The zero-order valence-electron chi connectivity index (χ0n) is 21.9. The van der Waals surface area contributed by atoms with Crippen LogP contribution < -0.4 is 15.6 Å². The summed E-state index contributed by atoms with van der Waals surface area (Å²) in [5, 5.41) is 2.65. The number of nitrogens with zero attached hydrogens (tertiary/aromatic N) is 3. The molecule has 0 saturated heterocycles. The minimum absolute atomic E-state index is 0.0817. The fourth-order valence-corrected chi connectivity index (χ4v) is 4.79. The number of pyridine rings is 3. The lowest BCUT2D eigenvalue weighted by molar-refractivity contribution is -0.119. The molecule has 4 aromatic rings. The third kappa shape index (κ3) is 4.57. The van der Waals surface area contributed by atoms with E-state index in [2.05, 4.69) is 10.3 Å². The van der Waals surface area contributed by atoms with E-state index in [1.54, 1.807) is 58.2 Å². The van der Waals surface area contributed by atoms with Crippen LogP contribution in [-0.2, 0) is 10.2 Å². The van der Waals surface area contributed by atoms with Crippen LogP contribution in [0.25, 0.3) is 17.1 Å². The number of fused-ring (bicyclic) bond motifs is 1. The van der Waals surface area contributed by atoms with Gasteiger partial charge in [0.15, 0.2) is 0 Å². The van der Waals surface area contributed by atoms with Crippen molar-refractivity contribution in [3.63, 3.8) is 0 Å². The monoisotopic (exact) mass is 550 g/mol. The van der Waals surface area contributed by atoms with Gasteiger partial charge in [-0.1, -0.05) is 11.6 Å². The van der Waals surface area contributed by atoms with Gasteiger partial charge in [0.05, 0.1) is 33.9 Å². The first-order valence-corrected chi connectivity index (χ1v) is 12.6. The van der Waals surface area contributed by atoms with E-state index in [9.17, 15) is 18.4 Å². The Morgan fingerprint density at radius 1 is 1.05 bits per heavy atom. The van der Waals surface area contributed by atoms with Crippen LogP contribution in [0.3, 0.4) is 0 Å². The zero-order valence-corrected chi connectivity index (χ0v) is 22.7. The zero-order chi connectivity index (χ0) is 28.2. The van der Waals surface area contributed by atoms with Gasteiger partial charge in [0.1, 0.15) is 28.5 Å². The molecule has 1 atom stereocenters. The normalized spacial score (nSPS) is 14.6. The summed E-state index contributed by atoms with van der Waals surface area (Å²) in [5.74, 6) is -1.50. The lowest BCUT2D eigenvalue weighted by Crippen LogP contribution is -2.27. The van der Waals surface area contributed by atoms with E-state index in [-0.39, 0.29) is 22.2 Å². The summed E-state index contributed by atoms with van der Waals surface area (Å²) >= 11 is 6.46. The molecule has 0 fully saturated rings. The third-order valence-electron chi connectivity index (χ3n) is 6.89. The van der Waals surface area contributed by atoms with E-state index in [1.807, 2.05) is 6.92 Å². The maximum Gasteiger partial charge on any atom is 0.277 e. The highest BCUT2D eigenvalue weighted by Crippen LogP contribution is 2.37. The molecule has 1 amide bonds. The average Bonchev–Trinajstić information content (AvgIpc) is 3.10. The van der Waals surface area contributed by atoms with Crippen LogP contribution in [0.15, 0.2) is 53.5 Å². The molecular formula is C29H25ClF2N4O3. The molecule has 39 heavy (non-hydrogen) atoms. The number of benzene rings is 1. The maximum absolute atomic E-state index is 14.3. The smallest absolute Gasteiger partial charge is 0.277 e. The van der Waals surface area contributed by atoms with Crippen molar-refractivity contribution in [3.05, 3.63) is 98.2 Å². The van der Waals surface area contributed by atoms with Gasteiger partial charge in [0.25, 0.3) is 5.56 Å². The Hall–Kier alpha value is -4.11. The van der Waals surface area contributed by atoms with Crippen LogP contribution in [-0.4, -0.2) is 20.4 Å². The average molecular weight is 551 g/mol. The molecule has 1 aliphatic heterocycles. The van der Waals surface area contributed by atoms with Crippen LogP contribution in [0.4, 0.5) is 14.5 Å².